The van der Waals surface area contributed by atoms with Crippen molar-refractivity contribution in [3.05, 3.63) is 40.2 Å². The number of aryl methyl sites for hydroxylation is 1. The van der Waals surface area contributed by atoms with Gasteiger partial charge < -0.3 is 9.73 Å². The third-order valence-corrected chi connectivity index (χ3v) is 4.29. The van der Waals surface area contributed by atoms with Crippen LogP contribution < -0.4 is 5.32 Å². The zero-order valence-corrected chi connectivity index (χ0v) is 14.3. The molecule has 1 aromatic heterocycles. The Balaban J connectivity index is 1.98. The minimum Gasteiger partial charge on any atom is -0.439 e. The Labute approximate surface area is 132 Å². The molecule has 0 aliphatic carbocycles. The van der Waals surface area contributed by atoms with Gasteiger partial charge in [0.1, 0.15) is 6.26 Å². The van der Waals surface area contributed by atoms with E-state index >= 15 is 0 Å². The van der Waals surface area contributed by atoms with E-state index in [0.717, 1.165) is 28.2 Å². The van der Waals surface area contributed by atoms with Crippen LogP contribution in [0.1, 0.15) is 25.1 Å². The number of aromatic nitrogens is 1. The van der Waals surface area contributed by atoms with Crippen molar-refractivity contribution in [2.45, 2.75) is 37.4 Å². The number of nitrogens with one attached hydrogen (secondary N) is 1. The number of hydrogen-bond donors (Lipinski definition) is 1. The van der Waals surface area contributed by atoms with Crippen LogP contribution >= 0.6 is 27.7 Å². The van der Waals surface area contributed by atoms with Gasteiger partial charge in [-0.1, -0.05) is 35.8 Å². The van der Waals surface area contributed by atoms with Crippen LogP contribution in [0.2, 0.25) is 0 Å². The maximum Gasteiger partial charge on any atom is 0.260 e. The van der Waals surface area contributed by atoms with Crippen molar-refractivity contribution in [2.24, 2.45) is 5.92 Å². The summed E-state index contributed by atoms with van der Waals surface area (Å²) in [5, 5.41) is 4.13. The maximum absolute atomic E-state index is 5.35. The number of halogens is 1. The van der Waals surface area contributed by atoms with E-state index in [9.17, 15) is 0 Å². The van der Waals surface area contributed by atoms with Gasteiger partial charge in [0.05, 0.1) is 5.69 Å². The van der Waals surface area contributed by atoms with Crippen LogP contribution in [0.15, 0.2) is 43.5 Å². The summed E-state index contributed by atoms with van der Waals surface area (Å²) in [6.07, 6.45) is 1.67. The van der Waals surface area contributed by atoms with Crippen LogP contribution in [0.5, 0.6) is 0 Å². The van der Waals surface area contributed by atoms with Gasteiger partial charge in [-0.05, 0) is 48.8 Å². The second-order valence-electron chi connectivity index (χ2n) is 5.13. The number of hydrogen-bond acceptors (Lipinski definition) is 4. The second-order valence-corrected chi connectivity index (χ2v) is 7.01. The molecule has 0 bridgehead atoms. The summed E-state index contributed by atoms with van der Waals surface area (Å²) in [6.45, 7) is 8.24. The van der Waals surface area contributed by atoms with Crippen molar-refractivity contribution < 1.29 is 4.42 Å². The number of benzene rings is 1. The first-order valence-electron chi connectivity index (χ1n) is 6.63. The van der Waals surface area contributed by atoms with Gasteiger partial charge in [0.25, 0.3) is 5.22 Å². The lowest BCUT2D eigenvalue weighted by atomic mass is 10.2. The zero-order chi connectivity index (χ0) is 14.5. The second kappa shape index (κ2) is 7.29. The lowest BCUT2D eigenvalue weighted by Gasteiger charge is -2.09. The molecule has 0 saturated heterocycles. The molecular formula is C15H19BrN2OS. The Kier molecular flexibility index (Phi) is 5.69. The Morgan fingerprint density at radius 3 is 2.80 bits per heavy atom. The van der Waals surface area contributed by atoms with Gasteiger partial charge in [-0.3, -0.25) is 0 Å². The predicted molar refractivity (Wildman–Crippen MR) is 86.0 cm³/mol. The summed E-state index contributed by atoms with van der Waals surface area (Å²) < 4.78 is 6.47. The van der Waals surface area contributed by atoms with Crippen LogP contribution in [-0.4, -0.2) is 11.5 Å². The molecular weight excluding hydrogens is 336 g/mol. The lowest BCUT2D eigenvalue weighted by Crippen LogP contribution is -2.19. The highest BCUT2D eigenvalue weighted by Gasteiger charge is 2.07. The molecule has 3 nitrogen and oxygen atoms in total. The van der Waals surface area contributed by atoms with Crippen LogP contribution in [0.3, 0.4) is 0 Å². The van der Waals surface area contributed by atoms with E-state index in [0.29, 0.717) is 11.1 Å². The number of nitrogens with zero attached hydrogens (tertiary/aromatic N) is 1. The zero-order valence-electron chi connectivity index (χ0n) is 11.9. The first-order valence-corrected chi connectivity index (χ1v) is 8.24. The summed E-state index contributed by atoms with van der Waals surface area (Å²) in [7, 11) is 0. The fraction of sp³-hybridized carbons (Fsp3) is 0.400. The molecule has 0 amide bonds. The van der Waals surface area contributed by atoms with E-state index in [2.05, 4.69) is 58.3 Å². The molecule has 2 rings (SSSR count). The summed E-state index contributed by atoms with van der Waals surface area (Å²) in [4.78, 5) is 5.41. The molecule has 0 fully saturated rings. The lowest BCUT2D eigenvalue weighted by molar-refractivity contribution is 0.454. The van der Waals surface area contributed by atoms with Gasteiger partial charge >= 0.3 is 0 Å². The predicted octanol–water partition coefficient (Wildman–Crippen LogP) is 4.64. The van der Waals surface area contributed by atoms with Gasteiger partial charge in [-0.15, -0.1) is 0 Å². The fourth-order valence-corrected chi connectivity index (χ4v) is 3.18. The van der Waals surface area contributed by atoms with E-state index in [-0.39, 0.29) is 0 Å². The van der Waals surface area contributed by atoms with Gasteiger partial charge in [0, 0.05) is 15.9 Å². The first kappa shape index (κ1) is 15.6. The van der Waals surface area contributed by atoms with E-state index in [1.807, 2.05) is 6.92 Å². The molecule has 20 heavy (non-hydrogen) atoms. The molecule has 108 valence electrons. The normalized spacial score (nSPS) is 11.2. The van der Waals surface area contributed by atoms with Gasteiger partial charge in [-0.2, -0.15) is 0 Å². The molecule has 1 aromatic carbocycles. The molecule has 1 heterocycles. The highest BCUT2D eigenvalue weighted by atomic mass is 79.9. The quantitative estimate of drug-likeness (QED) is 0.819. The number of rotatable bonds is 6. The third-order valence-electron chi connectivity index (χ3n) is 2.70. The van der Waals surface area contributed by atoms with Crippen molar-refractivity contribution >= 4 is 27.7 Å². The first-order chi connectivity index (χ1) is 9.54. The van der Waals surface area contributed by atoms with Crippen molar-refractivity contribution in [2.75, 3.05) is 6.54 Å². The summed E-state index contributed by atoms with van der Waals surface area (Å²) in [5.74, 6) is 0.664. The van der Waals surface area contributed by atoms with E-state index < -0.39 is 0 Å². The van der Waals surface area contributed by atoms with Crippen molar-refractivity contribution in [1.82, 2.24) is 10.3 Å². The Bertz CT molecular complexity index is 569. The average molecular weight is 355 g/mol. The Morgan fingerprint density at radius 2 is 2.20 bits per heavy atom. The Morgan fingerprint density at radius 1 is 1.40 bits per heavy atom. The maximum atomic E-state index is 5.35. The van der Waals surface area contributed by atoms with Gasteiger partial charge in [0.15, 0.2) is 0 Å². The molecule has 0 saturated carbocycles. The molecule has 2 aromatic rings. The molecule has 0 atom stereocenters. The summed E-state index contributed by atoms with van der Waals surface area (Å²) in [6, 6.07) is 6.34. The van der Waals surface area contributed by atoms with E-state index in [1.165, 1.54) is 17.3 Å². The molecule has 0 aliphatic heterocycles. The summed E-state index contributed by atoms with van der Waals surface area (Å²) in [5.41, 5.74) is 2.17. The third kappa shape index (κ3) is 4.65. The van der Waals surface area contributed by atoms with Crippen molar-refractivity contribution in [3.8, 4) is 0 Å². The highest BCUT2D eigenvalue weighted by molar-refractivity contribution is 9.10. The van der Waals surface area contributed by atoms with Crippen molar-refractivity contribution in [1.29, 1.82) is 0 Å². The smallest absolute Gasteiger partial charge is 0.260 e. The minimum absolute atomic E-state index is 0.664. The monoisotopic (exact) mass is 354 g/mol. The topological polar surface area (TPSA) is 38.1 Å². The van der Waals surface area contributed by atoms with E-state index in [4.69, 9.17) is 4.42 Å². The Hall–Kier alpha value is -0.780. The van der Waals surface area contributed by atoms with Crippen LogP contribution in [-0.2, 0) is 6.54 Å². The van der Waals surface area contributed by atoms with Gasteiger partial charge in [0.2, 0.25) is 0 Å². The standard InChI is InChI=1S/C15H19BrN2OS/c1-10(2)7-17-8-12-4-5-13(6-14(12)16)20-15-18-11(3)9-19-15/h4-6,9-10,17H,7-8H2,1-3H3. The highest BCUT2D eigenvalue weighted by Crippen LogP contribution is 2.30. The van der Waals surface area contributed by atoms with Crippen LogP contribution in [0.25, 0.3) is 0 Å². The largest absolute Gasteiger partial charge is 0.439 e. The molecule has 0 aliphatic rings. The van der Waals surface area contributed by atoms with E-state index in [1.54, 1.807) is 6.26 Å². The molecule has 1 N–H and O–H groups in total. The molecule has 0 spiro atoms. The fourth-order valence-electron chi connectivity index (χ4n) is 1.71. The summed E-state index contributed by atoms with van der Waals surface area (Å²) >= 11 is 5.16. The van der Waals surface area contributed by atoms with Crippen LogP contribution in [0.4, 0.5) is 0 Å². The van der Waals surface area contributed by atoms with Crippen molar-refractivity contribution in [3.63, 3.8) is 0 Å². The number of oxazole rings is 1. The van der Waals surface area contributed by atoms with Gasteiger partial charge in [-0.25, -0.2) is 4.98 Å². The molecule has 5 heteroatoms. The minimum atomic E-state index is 0.664. The SMILES string of the molecule is Cc1coc(Sc2ccc(CNCC(C)C)c(Br)c2)n1. The average Bonchev–Trinajstić information content (AvgIpc) is 2.77. The van der Waals surface area contributed by atoms with Crippen LogP contribution in [0, 0.1) is 12.8 Å². The molecule has 0 unspecified atom stereocenters. The molecule has 0 radical (unpaired) electrons.